The van der Waals surface area contributed by atoms with Crippen molar-refractivity contribution in [3.63, 3.8) is 0 Å². The third kappa shape index (κ3) is 3.39. The van der Waals surface area contributed by atoms with E-state index in [-0.39, 0.29) is 0 Å². The SMILES string of the molecule is c1ccc(-c2ccccc2-c2c3ccccc3c(-c3ccc4c(c3)oc3cc5occc5cc34)c3ccccc23)cc1. The van der Waals surface area contributed by atoms with E-state index in [0.717, 1.165) is 38.5 Å². The summed E-state index contributed by atoms with van der Waals surface area (Å²) in [6, 6.07) is 49.8. The van der Waals surface area contributed by atoms with E-state index in [9.17, 15) is 0 Å². The summed E-state index contributed by atoms with van der Waals surface area (Å²) in [6.07, 6.45) is 1.72. The van der Waals surface area contributed by atoms with Crippen molar-refractivity contribution < 1.29 is 8.83 Å². The molecular weight excluding hydrogens is 512 g/mol. The van der Waals surface area contributed by atoms with Gasteiger partial charge < -0.3 is 8.83 Å². The molecule has 0 aliphatic carbocycles. The van der Waals surface area contributed by atoms with Crippen LogP contribution in [-0.4, -0.2) is 0 Å². The molecule has 0 unspecified atom stereocenters. The van der Waals surface area contributed by atoms with Crippen molar-refractivity contribution in [1.82, 2.24) is 0 Å². The van der Waals surface area contributed by atoms with Gasteiger partial charge in [-0.1, -0.05) is 109 Å². The Labute approximate surface area is 242 Å². The molecule has 0 saturated carbocycles. The standard InChI is InChI=1S/C40H24O2/c1-2-10-25(11-3-1)28-12-4-5-13-30(28)40-33-16-8-6-14-31(33)39(32-15-7-9-17-34(32)40)27-18-19-29-35-22-26-20-21-41-36(26)24-38(35)42-37(29)23-27/h1-24H. The van der Waals surface area contributed by atoms with E-state index in [4.69, 9.17) is 8.83 Å². The molecule has 0 radical (unpaired) electrons. The van der Waals surface area contributed by atoms with E-state index in [2.05, 4.69) is 127 Å². The molecule has 2 heterocycles. The average Bonchev–Trinajstić information content (AvgIpc) is 3.66. The highest BCUT2D eigenvalue weighted by molar-refractivity contribution is 6.23. The molecule has 196 valence electrons. The van der Waals surface area contributed by atoms with Crippen LogP contribution in [0.5, 0.6) is 0 Å². The first-order valence-corrected chi connectivity index (χ1v) is 14.3. The fourth-order valence-electron chi connectivity index (χ4n) is 6.69. The average molecular weight is 537 g/mol. The van der Waals surface area contributed by atoms with Gasteiger partial charge in [0.05, 0.1) is 6.26 Å². The van der Waals surface area contributed by atoms with Crippen LogP contribution >= 0.6 is 0 Å². The first-order valence-electron chi connectivity index (χ1n) is 14.3. The number of furan rings is 2. The maximum atomic E-state index is 6.41. The fourth-order valence-corrected chi connectivity index (χ4v) is 6.69. The molecule has 0 spiro atoms. The number of rotatable bonds is 3. The lowest BCUT2D eigenvalue weighted by molar-refractivity contribution is 0.613. The van der Waals surface area contributed by atoms with Crippen molar-refractivity contribution in [1.29, 1.82) is 0 Å². The Bertz CT molecular complexity index is 2400. The van der Waals surface area contributed by atoms with Crippen molar-refractivity contribution >= 4 is 54.5 Å². The Hall–Kier alpha value is -5.60. The summed E-state index contributed by atoms with van der Waals surface area (Å²) in [5.41, 5.74) is 9.86. The van der Waals surface area contributed by atoms with Crippen LogP contribution in [0.2, 0.25) is 0 Å². The van der Waals surface area contributed by atoms with Gasteiger partial charge in [0.15, 0.2) is 0 Å². The van der Waals surface area contributed by atoms with Gasteiger partial charge in [-0.2, -0.15) is 0 Å². The summed E-state index contributed by atoms with van der Waals surface area (Å²) in [5, 5.41) is 8.22. The van der Waals surface area contributed by atoms with Crippen LogP contribution in [0.25, 0.3) is 87.8 Å². The van der Waals surface area contributed by atoms with E-state index < -0.39 is 0 Å². The first kappa shape index (κ1) is 23.1. The van der Waals surface area contributed by atoms with Crippen molar-refractivity contribution in [2.24, 2.45) is 0 Å². The molecule has 9 rings (SSSR count). The van der Waals surface area contributed by atoms with Gasteiger partial charge >= 0.3 is 0 Å². The van der Waals surface area contributed by atoms with Crippen molar-refractivity contribution in [3.8, 4) is 33.4 Å². The molecule has 0 aliphatic rings. The predicted molar refractivity (Wildman–Crippen MR) is 175 cm³/mol. The highest BCUT2D eigenvalue weighted by Crippen LogP contribution is 2.46. The smallest absolute Gasteiger partial charge is 0.139 e. The van der Waals surface area contributed by atoms with E-state index in [1.54, 1.807) is 6.26 Å². The zero-order chi connectivity index (χ0) is 27.6. The molecule has 2 heteroatoms. The van der Waals surface area contributed by atoms with E-state index >= 15 is 0 Å². The summed E-state index contributed by atoms with van der Waals surface area (Å²) in [4.78, 5) is 0. The topological polar surface area (TPSA) is 26.3 Å². The van der Waals surface area contributed by atoms with Crippen molar-refractivity contribution in [2.45, 2.75) is 0 Å². The lowest BCUT2D eigenvalue weighted by atomic mass is 9.84. The second-order valence-electron chi connectivity index (χ2n) is 10.9. The Kier molecular flexibility index (Phi) is 4.93. The first-order chi connectivity index (χ1) is 20.8. The zero-order valence-corrected chi connectivity index (χ0v) is 22.7. The molecule has 42 heavy (non-hydrogen) atoms. The fraction of sp³-hybridized carbons (Fsp3) is 0. The Morgan fingerprint density at radius 2 is 0.976 bits per heavy atom. The number of hydrogen-bond acceptors (Lipinski definition) is 2. The summed E-state index contributed by atoms with van der Waals surface area (Å²) < 4.78 is 12.0. The Morgan fingerprint density at radius 1 is 0.357 bits per heavy atom. The third-order valence-corrected chi connectivity index (χ3v) is 8.55. The van der Waals surface area contributed by atoms with Gasteiger partial charge in [-0.05, 0) is 79.2 Å². The molecule has 0 fully saturated rings. The monoisotopic (exact) mass is 536 g/mol. The van der Waals surface area contributed by atoms with Crippen LogP contribution in [0.4, 0.5) is 0 Å². The van der Waals surface area contributed by atoms with Crippen molar-refractivity contribution in [3.05, 3.63) is 146 Å². The maximum Gasteiger partial charge on any atom is 0.139 e. The maximum absolute atomic E-state index is 6.41. The normalized spacial score (nSPS) is 11.8. The van der Waals surface area contributed by atoms with Gasteiger partial charge in [-0.25, -0.2) is 0 Å². The molecule has 0 atom stereocenters. The summed E-state index contributed by atoms with van der Waals surface area (Å²) >= 11 is 0. The molecular formula is C40H24O2. The Balaban J connectivity index is 1.35. The number of benzene rings is 7. The molecule has 0 amide bonds. The second kappa shape index (κ2) is 8.95. The van der Waals surface area contributed by atoms with E-state index in [0.29, 0.717) is 0 Å². The molecule has 0 saturated heterocycles. The summed E-state index contributed by atoms with van der Waals surface area (Å²) in [6.45, 7) is 0. The minimum atomic E-state index is 0.838. The quantitative estimate of drug-likeness (QED) is 0.210. The van der Waals surface area contributed by atoms with Gasteiger partial charge in [0, 0.05) is 22.2 Å². The molecule has 0 aliphatic heterocycles. The lowest BCUT2D eigenvalue weighted by Crippen LogP contribution is -1.92. The number of fused-ring (bicyclic) bond motifs is 6. The summed E-state index contributed by atoms with van der Waals surface area (Å²) in [5.74, 6) is 0. The molecule has 2 nitrogen and oxygen atoms in total. The minimum Gasteiger partial charge on any atom is -0.464 e. The van der Waals surface area contributed by atoms with Crippen LogP contribution in [-0.2, 0) is 0 Å². The molecule has 0 bridgehead atoms. The van der Waals surface area contributed by atoms with Crippen LogP contribution in [0, 0.1) is 0 Å². The highest BCUT2D eigenvalue weighted by atomic mass is 16.3. The van der Waals surface area contributed by atoms with Gasteiger partial charge in [-0.15, -0.1) is 0 Å². The van der Waals surface area contributed by atoms with Crippen LogP contribution in [0.15, 0.2) is 155 Å². The number of hydrogen-bond donors (Lipinski definition) is 0. The van der Waals surface area contributed by atoms with Crippen LogP contribution in [0.3, 0.4) is 0 Å². The van der Waals surface area contributed by atoms with Gasteiger partial charge in [0.25, 0.3) is 0 Å². The van der Waals surface area contributed by atoms with Crippen LogP contribution < -0.4 is 0 Å². The lowest BCUT2D eigenvalue weighted by Gasteiger charge is -2.19. The van der Waals surface area contributed by atoms with Gasteiger partial charge in [0.2, 0.25) is 0 Å². The molecule has 0 N–H and O–H groups in total. The Morgan fingerprint density at radius 3 is 1.71 bits per heavy atom. The molecule has 2 aromatic heterocycles. The third-order valence-electron chi connectivity index (χ3n) is 8.55. The van der Waals surface area contributed by atoms with E-state index in [1.807, 2.05) is 12.1 Å². The van der Waals surface area contributed by atoms with Crippen LogP contribution in [0.1, 0.15) is 0 Å². The molecule has 9 aromatic rings. The minimum absolute atomic E-state index is 0.838. The van der Waals surface area contributed by atoms with Gasteiger partial charge in [-0.3, -0.25) is 0 Å². The molecule has 7 aromatic carbocycles. The highest BCUT2D eigenvalue weighted by Gasteiger charge is 2.19. The zero-order valence-electron chi connectivity index (χ0n) is 22.7. The van der Waals surface area contributed by atoms with E-state index in [1.165, 1.54) is 49.4 Å². The summed E-state index contributed by atoms with van der Waals surface area (Å²) in [7, 11) is 0. The predicted octanol–water partition coefficient (Wildman–Crippen LogP) is 11.6. The largest absolute Gasteiger partial charge is 0.464 e. The van der Waals surface area contributed by atoms with Gasteiger partial charge in [0.1, 0.15) is 16.7 Å². The van der Waals surface area contributed by atoms with Crippen molar-refractivity contribution in [2.75, 3.05) is 0 Å². The second-order valence-corrected chi connectivity index (χ2v) is 10.9.